The molecule has 0 spiro atoms. The topological polar surface area (TPSA) is 71.2 Å². The van der Waals surface area contributed by atoms with Crippen molar-refractivity contribution in [3.8, 4) is 0 Å². The van der Waals surface area contributed by atoms with Crippen LogP contribution in [0.4, 0.5) is 32.0 Å². The van der Waals surface area contributed by atoms with Gasteiger partial charge in [0, 0.05) is 18.3 Å². The summed E-state index contributed by atoms with van der Waals surface area (Å²) in [7, 11) is 1.82. The van der Waals surface area contributed by atoms with Gasteiger partial charge in [0.15, 0.2) is 6.10 Å². The lowest BCUT2D eigenvalue weighted by Gasteiger charge is -2.46. The molecule has 2 aliphatic rings. The quantitative estimate of drug-likeness (QED) is 0.470. The van der Waals surface area contributed by atoms with Crippen LogP contribution in [-0.4, -0.2) is 32.0 Å². The number of aliphatic hydroxyl groups excluding tert-OH is 1. The van der Waals surface area contributed by atoms with Crippen molar-refractivity contribution < 1.29 is 36.2 Å². The molecular weight excluding hydrogens is 502 g/mol. The fourth-order valence-electron chi connectivity index (χ4n) is 5.60. The SMILES string of the molecule is CC1CC(c2cccc(N3Cc4c(cc(C(O)C(F)(F)F)cc4C(F)(F)F)C3=O)c2)(c2nncn2C)C1. The summed E-state index contributed by atoms with van der Waals surface area (Å²) in [5.74, 6) is 0.248. The Balaban J connectivity index is 1.57. The Morgan fingerprint density at radius 2 is 1.81 bits per heavy atom. The van der Waals surface area contributed by atoms with Crippen molar-refractivity contribution in [3.05, 3.63) is 76.4 Å². The van der Waals surface area contributed by atoms with E-state index in [0.29, 0.717) is 17.7 Å². The van der Waals surface area contributed by atoms with E-state index >= 15 is 0 Å². The summed E-state index contributed by atoms with van der Waals surface area (Å²) in [5.41, 5.74) is -2.72. The van der Waals surface area contributed by atoms with Crippen molar-refractivity contribution in [2.24, 2.45) is 13.0 Å². The molecule has 1 saturated carbocycles. The van der Waals surface area contributed by atoms with Gasteiger partial charge in [0.05, 0.1) is 17.5 Å². The molecular formula is C25H22F6N4O2. The number of halogens is 6. The first-order valence-corrected chi connectivity index (χ1v) is 11.5. The lowest BCUT2D eigenvalue weighted by atomic mass is 9.58. The second-order valence-corrected chi connectivity index (χ2v) is 9.84. The van der Waals surface area contributed by atoms with Gasteiger partial charge in [-0.2, -0.15) is 26.3 Å². The average molecular weight is 524 g/mol. The molecule has 0 bridgehead atoms. The maximum absolute atomic E-state index is 13.8. The van der Waals surface area contributed by atoms with E-state index in [0.717, 1.165) is 29.1 Å². The van der Waals surface area contributed by atoms with Gasteiger partial charge in [-0.3, -0.25) is 4.79 Å². The Bertz CT molecular complexity index is 1370. The van der Waals surface area contributed by atoms with Crippen LogP contribution < -0.4 is 4.90 Å². The number of rotatable bonds is 4. The highest BCUT2D eigenvalue weighted by Gasteiger charge is 2.49. The van der Waals surface area contributed by atoms with Gasteiger partial charge < -0.3 is 14.6 Å². The van der Waals surface area contributed by atoms with E-state index < -0.39 is 58.6 Å². The highest BCUT2D eigenvalue weighted by molar-refractivity contribution is 6.10. The Morgan fingerprint density at radius 1 is 1.11 bits per heavy atom. The van der Waals surface area contributed by atoms with Crippen molar-refractivity contribution in [1.29, 1.82) is 0 Å². The van der Waals surface area contributed by atoms with Crippen LogP contribution in [0.2, 0.25) is 0 Å². The van der Waals surface area contributed by atoms with Crippen LogP contribution in [0.1, 0.15) is 64.3 Å². The largest absolute Gasteiger partial charge is 0.418 e. The second kappa shape index (κ2) is 8.30. The highest BCUT2D eigenvalue weighted by Crippen LogP contribution is 2.52. The number of hydrogen-bond donors (Lipinski definition) is 1. The molecule has 3 aromatic rings. The third-order valence-electron chi connectivity index (χ3n) is 7.24. The Labute approximate surface area is 207 Å². The van der Waals surface area contributed by atoms with Gasteiger partial charge in [-0.15, -0.1) is 10.2 Å². The summed E-state index contributed by atoms with van der Waals surface area (Å²) in [6.45, 7) is 1.62. The highest BCUT2D eigenvalue weighted by atomic mass is 19.4. The molecule has 1 aromatic heterocycles. The summed E-state index contributed by atoms with van der Waals surface area (Å²) in [6, 6.07) is 7.79. The maximum Gasteiger partial charge on any atom is 0.418 e. The number of amides is 1. The van der Waals surface area contributed by atoms with Crippen LogP contribution in [0.25, 0.3) is 0 Å². The third-order valence-corrected chi connectivity index (χ3v) is 7.24. The molecule has 0 radical (unpaired) electrons. The molecule has 12 heteroatoms. The van der Waals surface area contributed by atoms with Crippen LogP contribution in [0.5, 0.6) is 0 Å². The van der Waals surface area contributed by atoms with E-state index in [9.17, 15) is 36.2 Å². The van der Waals surface area contributed by atoms with Gasteiger partial charge in [0.25, 0.3) is 5.91 Å². The number of anilines is 1. The third kappa shape index (κ3) is 4.07. The molecule has 2 aromatic carbocycles. The molecule has 1 N–H and O–H groups in total. The summed E-state index contributed by atoms with van der Waals surface area (Å²) in [6.07, 6.45) is -10.3. The number of aryl methyl sites for hydroxylation is 1. The minimum Gasteiger partial charge on any atom is -0.379 e. The molecule has 196 valence electrons. The first kappa shape index (κ1) is 25.2. The Kier molecular flexibility index (Phi) is 5.67. The van der Waals surface area contributed by atoms with Gasteiger partial charge in [-0.25, -0.2) is 0 Å². The smallest absolute Gasteiger partial charge is 0.379 e. The van der Waals surface area contributed by atoms with E-state index in [4.69, 9.17) is 0 Å². The molecule has 1 aliphatic heterocycles. The average Bonchev–Trinajstić information content (AvgIpc) is 3.37. The Hall–Kier alpha value is -3.41. The molecule has 1 amide bonds. The predicted octanol–water partition coefficient (Wildman–Crippen LogP) is 5.31. The fourth-order valence-corrected chi connectivity index (χ4v) is 5.60. The van der Waals surface area contributed by atoms with E-state index in [2.05, 4.69) is 17.1 Å². The Morgan fingerprint density at radius 3 is 2.38 bits per heavy atom. The zero-order chi connectivity index (χ0) is 26.9. The van der Waals surface area contributed by atoms with Crippen LogP contribution in [-0.2, 0) is 25.2 Å². The maximum atomic E-state index is 13.8. The standard InChI is InChI=1S/C25H22F6N4O2/c1-13-9-23(10-13,22-33-32-12-34(22)2)15-4-3-5-16(8-15)35-11-18-17(21(35)37)6-14(20(36)25(29,30)31)7-19(18)24(26,27)28/h3-8,12-13,20,36H,9-11H2,1-2H3. The van der Waals surface area contributed by atoms with Crippen molar-refractivity contribution in [3.63, 3.8) is 0 Å². The zero-order valence-electron chi connectivity index (χ0n) is 19.7. The van der Waals surface area contributed by atoms with Crippen LogP contribution in [0, 0.1) is 5.92 Å². The van der Waals surface area contributed by atoms with E-state index in [1.54, 1.807) is 29.1 Å². The summed E-state index contributed by atoms with van der Waals surface area (Å²) >= 11 is 0. The zero-order valence-corrected chi connectivity index (χ0v) is 19.7. The predicted molar refractivity (Wildman–Crippen MR) is 120 cm³/mol. The first-order valence-electron chi connectivity index (χ1n) is 11.5. The minimum absolute atomic E-state index is 0.267. The lowest BCUT2D eigenvalue weighted by Crippen LogP contribution is -2.43. The molecule has 5 rings (SSSR count). The molecule has 1 fully saturated rings. The van der Waals surface area contributed by atoms with Crippen molar-refractivity contribution in [1.82, 2.24) is 14.8 Å². The number of aromatic nitrogens is 3. The number of carbonyl (C=O) groups excluding carboxylic acids is 1. The van der Waals surface area contributed by atoms with Gasteiger partial charge in [0.1, 0.15) is 12.2 Å². The van der Waals surface area contributed by atoms with Gasteiger partial charge in [-0.1, -0.05) is 19.1 Å². The van der Waals surface area contributed by atoms with Gasteiger partial charge in [-0.05, 0) is 59.7 Å². The fraction of sp³-hybridized carbons (Fsp3) is 0.400. The molecule has 1 atom stereocenters. The minimum atomic E-state index is -5.19. The number of alkyl halides is 6. The van der Waals surface area contributed by atoms with Crippen molar-refractivity contribution in [2.45, 2.75) is 50.2 Å². The molecule has 2 heterocycles. The van der Waals surface area contributed by atoms with Crippen LogP contribution in [0.3, 0.4) is 0 Å². The van der Waals surface area contributed by atoms with Gasteiger partial charge >= 0.3 is 12.4 Å². The number of benzene rings is 2. The van der Waals surface area contributed by atoms with E-state index in [1.165, 1.54) is 0 Å². The number of carbonyl (C=O) groups is 1. The van der Waals surface area contributed by atoms with Crippen LogP contribution >= 0.6 is 0 Å². The summed E-state index contributed by atoms with van der Waals surface area (Å²) < 4.78 is 82.6. The van der Waals surface area contributed by atoms with Crippen LogP contribution in [0.15, 0.2) is 42.7 Å². The lowest BCUT2D eigenvalue weighted by molar-refractivity contribution is -0.207. The molecule has 1 unspecified atom stereocenters. The molecule has 37 heavy (non-hydrogen) atoms. The molecule has 1 aliphatic carbocycles. The van der Waals surface area contributed by atoms with E-state index in [-0.39, 0.29) is 6.07 Å². The van der Waals surface area contributed by atoms with Gasteiger partial charge in [0.2, 0.25) is 0 Å². The number of nitrogens with zero attached hydrogens (tertiary/aromatic N) is 4. The van der Waals surface area contributed by atoms with E-state index in [1.807, 2.05) is 13.1 Å². The normalized spacial score (nSPS) is 22.7. The molecule has 0 saturated heterocycles. The monoisotopic (exact) mass is 524 g/mol. The summed E-state index contributed by atoms with van der Waals surface area (Å²) in [4.78, 5) is 14.4. The summed E-state index contributed by atoms with van der Waals surface area (Å²) in [5, 5.41) is 17.9. The number of fused-ring (bicyclic) bond motifs is 1. The first-order chi connectivity index (χ1) is 17.2. The number of hydrogen-bond acceptors (Lipinski definition) is 4. The molecule has 6 nitrogen and oxygen atoms in total. The van der Waals surface area contributed by atoms with Crippen molar-refractivity contribution >= 4 is 11.6 Å². The number of aliphatic hydroxyl groups is 1. The second-order valence-electron chi connectivity index (χ2n) is 9.84. The van der Waals surface area contributed by atoms with Crippen molar-refractivity contribution in [2.75, 3.05) is 4.90 Å².